The minimum atomic E-state index is -0.139. The second-order valence-electron chi connectivity index (χ2n) is 1.59. The second kappa shape index (κ2) is 4.03. The van der Waals surface area contributed by atoms with Crippen LogP contribution in [-0.4, -0.2) is 15.1 Å². The summed E-state index contributed by atoms with van der Waals surface area (Å²) >= 11 is 0. The Morgan fingerprint density at radius 1 is 1.40 bits per heavy atom. The highest BCUT2D eigenvalue weighted by Crippen LogP contribution is 1.94. The maximum atomic E-state index is 8.46. The third-order valence-corrected chi connectivity index (χ3v) is 0.867. The predicted octanol–water partition coefficient (Wildman–Crippen LogP) is -0.0271. The number of aliphatic hydroxyl groups is 1. The zero-order valence-corrected chi connectivity index (χ0v) is 6.01. The number of nitrogen functional groups attached to an aromatic ring is 1. The fraction of sp³-hybridized carbons (Fsp3) is 0.200. The third kappa shape index (κ3) is 2.16. The number of rotatable bonds is 1. The Kier molecular flexibility index (Phi) is 3.68. The molecule has 0 amide bonds. The number of aromatic nitrogens is 2. The van der Waals surface area contributed by atoms with Gasteiger partial charge in [-0.15, -0.1) is 12.4 Å². The fourth-order valence-corrected chi connectivity index (χ4v) is 0.446. The number of anilines is 1. The van der Waals surface area contributed by atoms with Crippen LogP contribution >= 0.6 is 12.4 Å². The van der Waals surface area contributed by atoms with E-state index in [1.165, 1.54) is 12.4 Å². The van der Waals surface area contributed by atoms with Gasteiger partial charge in [-0.1, -0.05) is 0 Å². The van der Waals surface area contributed by atoms with Gasteiger partial charge in [0.15, 0.2) is 5.82 Å². The molecule has 1 aromatic heterocycles. The molecule has 56 valence electrons. The molecule has 0 radical (unpaired) electrons. The molecule has 10 heavy (non-hydrogen) atoms. The lowest BCUT2D eigenvalue weighted by atomic mass is 10.5. The van der Waals surface area contributed by atoms with Crippen molar-refractivity contribution >= 4 is 18.1 Å². The van der Waals surface area contributed by atoms with Crippen molar-refractivity contribution in [1.82, 2.24) is 9.97 Å². The summed E-state index contributed by atoms with van der Waals surface area (Å²) in [5.41, 5.74) is 5.78. The van der Waals surface area contributed by atoms with Gasteiger partial charge in [-0.2, -0.15) is 0 Å². The van der Waals surface area contributed by atoms with E-state index in [-0.39, 0.29) is 19.0 Å². The standard InChI is InChI=1S/C5H7N3O.ClH/c6-4-1-7-5(3-9)8-2-4;/h1-2,9H,3,6H2;1H. The highest BCUT2D eigenvalue weighted by atomic mass is 35.5. The van der Waals surface area contributed by atoms with E-state index in [1.54, 1.807) is 0 Å². The number of hydrogen-bond donors (Lipinski definition) is 2. The summed E-state index contributed by atoms with van der Waals surface area (Å²) < 4.78 is 0. The van der Waals surface area contributed by atoms with Crippen LogP contribution < -0.4 is 5.73 Å². The summed E-state index contributed by atoms with van der Waals surface area (Å²) in [6.07, 6.45) is 2.91. The van der Waals surface area contributed by atoms with Crippen molar-refractivity contribution in [1.29, 1.82) is 0 Å². The van der Waals surface area contributed by atoms with E-state index in [2.05, 4.69) is 9.97 Å². The van der Waals surface area contributed by atoms with E-state index in [0.717, 1.165) is 0 Å². The number of aliphatic hydroxyl groups excluding tert-OH is 1. The molecule has 0 fully saturated rings. The normalized spacial score (nSPS) is 8.50. The van der Waals surface area contributed by atoms with Crippen LogP contribution in [0.4, 0.5) is 5.69 Å². The SMILES string of the molecule is Cl.Nc1cnc(CO)nc1. The Morgan fingerprint density at radius 2 is 1.90 bits per heavy atom. The molecule has 1 rings (SSSR count). The highest BCUT2D eigenvalue weighted by molar-refractivity contribution is 5.85. The molecule has 0 atom stereocenters. The van der Waals surface area contributed by atoms with Gasteiger partial charge < -0.3 is 10.8 Å². The number of nitrogens with two attached hydrogens (primary N) is 1. The molecule has 0 bridgehead atoms. The average molecular weight is 162 g/mol. The molecule has 3 N–H and O–H groups in total. The van der Waals surface area contributed by atoms with Crippen LogP contribution in [0.15, 0.2) is 12.4 Å². The lowest BCUT2D eigenvalue weighted by molar-refractivity contribution is 0.271. The monoisotopic (exact) mass is 161 g/mol. The van der Waals surface area contributed by atoms with Crippen molar-refractivity contribution in [3.8, 4) is 0 Å². The van der Waals surface area contributed by atoms with E-state index >= 15 is 0 Å². The van der Waals surface area contributed by atoms with Gasteiger partial charge in [-0.05, 0) is 0 Å². The zero-order chi connectivity index (χ0) is 6.69. The summed E-state index contributed by atoms with van der Waals surface area (Å²) in [7, 11) is 0. The molecule has 1 heterocycles. The highest BCUT2D eigenvalue weighted by Gasteiger charge is 1.89. The van der Waals surface area contributed by atoms with Gasteiger partial charge in [0.2, 0.25) is 0 Å². The molecule has 0 saturated carbocycles. The number of nitrogens with zero attached hydrogens (tertiary/aromatic N) is 2. The summed E-state index contributed by atoms with van der Waals surface area (Å²) in [6.45, 7) is -0.139. The predicted molar refractivity (Wildman–Crippen MR) is 39.6 cm³/mol. The minimum absolute atomic E-state index is 0. The van der Waals surface area contributed by atoms with Gasteiger partial charge in [0.25, 0.3) is 0 Å². The average Bonchev–Trinajstić information content (AvgIpc) is 1.90. The van der Waals surface area contributed by atoms with Gasteiger partial charge >= 0.3 is 0 Å². The van der Waals surface area contributed by atoms with Gasteiger partial charge in [0, 0.05) is 0 Å². The van der Waals surface area contributed by atoms with Crippen molar-refractivity contribution in [3.05, 3.63) is 18.2 Å². The van der Waals surface area contributed by atoms with Crippen LogP contribution in [0, 0.1) is 0 Å². The number of hydrogen-bond acceptors (Lipinski definition) is 4. The first-order chi connectivity index (χ1) is 4.33. The molecule has 0 aliphatic heterocycles. The molecule has 0 aliphatic carbocycles. The lowest BCUT2D eigenvalue weighted by Crippen LogP contribution is -1.95. The van der Waals surface area contributed by atoms with Crippen LogP contribution in [0.1, 0.15) is 5.82 Å². The Bertz CT molecular complexity index is 189. The lowest BCUT2D eigenvalue weighted by Gasteiger charge is -1.92. The van der Waals surface area contributed by atoms with Crippen LogP contribution in [0.3, 0.4) is 0 Å². The molecule has 0 saturated heterocycles. The van der Waals surface area contributed by atoms with Crippen molar-refractivity contribution in [2.24, 2.45) is 0 Å². The largest absolute Gasteiger partial charge is 0.396 e. The first kappa shape index (κ1) is 9.13. The first-order valence-corrected chi connectivity index (χ1v) is 2.50. The minimum Gasteiger partial charge on any atom is -0.396 e. The van der Waals surface area contributed by atoms with Gasteiger partial charge in [0.05, 0.1) is 18.1 Å². The van der Waals surface area contributed by atoms with Crippen LogP contribution in [0.2, 0.25) is 0 Å². The summed E-state index contributed by atoms with van der Waals surface area (Å²) in [4.78, 5) is 7.42. The third-order valence-electron chi connectivity index (χ3n) is 0.867. The van der Waals surface area contributed by atoms with E-state index in [0.29, 0.717) is 11.5 Å². The van der Waals surface area contributed by atoms with Crippen LogP contribution in [0.5, 0.6) is 0 Å². The smallest absolute Gasteiger partial charge is 0.153 e. The molecule has 1 aromatic rings. The Hall–Kier alpha value is -0.870. The molecular weight excluding hydrogens is 154 g/mol. The summed E-state index contributed by atoms with van der Waals surface area (Å²) in [5, 5.41) is 8.46. The molecule has 5 heteroatoms. The fourth-order valence-electron chi connectivity index (χ4n) is 0.446. The topological polar surface area (TPSA) is 72.0 Å². The van der Waals surface area contributed by atoms with Crippen molar-refractivity contribution in [3.63, 3.8) is 0 Å². The second-order valence-corrected chi connectivity index (χ2v) is 1.59. The van der Waals surface area contributed by atoms with Gasteiger partial charge in [-0.25, -0.2) is 9.97 Å². The van der Waals surface area contributed by atoms with Crippen molar-refractivity contribution in [2.75, 3.05) is 5.73 Å². The van der Waals surface area contributed by atoms with Crippen LogP contribution in [0.25, 0.3) is 0 Å². The molecule has 0 aliphatic rings. The molecular formula is C5H8ClN3O. The summed E-state index contributed by atoms with van der Waals surface area (Å²) in [6, 6.07) is 0. The maximum Gasteiger partial charge on any atom is 0.153 e. The molecule has 0 spiro atoms. The van der Waals surface area contributed by atoms with E-state index in [4.69, 9.17) is 10.8 Å². The van der Waals surface area contributed by atoms with Gasteiger partial charge in [0.1, 0.15) is 6.61 Å². The summed E-state index contributed by atoms with van der Waals surface area (Å²) in [5.74, 6) is 0.393. The Labute approximate surface area is 64.5 Å². The quantitative estimate of drug-likeness (QED) is 0.607. The maximum absolute atomic E-state index is 8.46. The van der Waals surface area contributed by atoms with Gasteiger partial charge in [-0.3, -0.25) is 0 Å². The molecule has 0 unspecified atom stereocenters. The number of halogens is 1. The van der Waals surface area contributed by atoms with E-state index in [9.17, 15) is 0 Å². The zero-order valence-electron chi connectivity index (χ0n) is 5.19. The van der Waals surface area contributed by atoms with E-state index < -0.39 is 0 Å². The van der Waals surface area contributed by atoms with Crippen molar-refractivity contribution < 1.29 is 5.11 Å². The Morgan fingerprint density at radius 3 is 2.30 bits per heavy atom. The molecule has 4 nitrogen and oxygen atoms in total. The van der Waals surface area contributed by atoms with Crippen molar-refractivity contribution in [2.45, 2.75) is 6.61 Å². The van der Waals surface area contributed by atoms with Crippen LogP contribution in [-0.2, 0) is 6.61 Å². The Balaban J connectivity index is 0.000000810. The first-order valence-electron chi connectivity index (χ1n) is 2.50. The molecule has 0 aromatic carbocycles. The van der Waals surface area contributed by atoms with E-state index in [1.807, 2.05) is 0 Å².